The molecule has 4 heteroatoms. The standard InChI is InChI=1S/C15H18ClN3/c1-19-12-7-10(16)4-5-11(12)18-15(19)13-8-2-3-9(6-8)14(13)17/h4-5,7-9,13-14H,2-3,6,17H2,1H3. The number of benzene rings is 1. The normalized spacial score (nSPS) is 33.4. The summed E-state index contributed by atoms with van der Waals surface area (Å²) in [6.07, 6.45) is 3.90. The zero-order valence-electron chi connectivity index (χ0n) is 11.0. The van der Waals surface area contributed by atoms with Gasteiger partial charge in [-0.05, 0) is 49.3 Å². The highest BCUT2D eigenvalue weighted by atomic mass is 35.5. The molecule has 4 unspecified atom stereocenters. The van der Waals surface area contributed by atoms with Gasteiger partial charge in [0.25, 0.3) is 0 Å². The molecule has 0 amide bonds. The summed E-state index contributed by atoms with van der Waals surface area (Å²) in [6, 6.07) is 6.18. The van der Waals surface area contributed by atoms with Crippen molar-refractivity contribution in [3.8, 4) is 0 Å². The first-order valence-corrected chi connectivity index (χ1v) is 7.40. The van der Waals surface area contributed by atoms with Crippen LogP contribution in [0.2, 0.25) is 5.02 Å². The van der Waals surface area contributed by atoms with E-state index in [-0.39, 0.29) is 6.04 Å². The van der Waals surface area contributed by atoms with Crippen LogP contribution in [0.15, 0.2) is 18.2 Å². The predicted octanol–water partition coefficient (Wildman–Crippen LogP) is 3.07. The van der Waals surface area contributed by atoms with Gasteiger partial charge >= 0.3 is 0 Å². The fourth-order valence-corrected chi connectivity index (χ4v) is 4.36. The summed E-state index contributed by atoms with van der Waals surface area (Å²) in [7, 11) is 2.08. The first kappa shape index (κ1) is 11.7. The average Bonchev–Trinajstić information content (AvgIpc) is 3.05. The molecule has 0 radical (unpaired) electrons. The third kappa shape index (κ3) is 1.58. The zero-order valence-corrected chi connectivity index (χ0v) is 11.8. The van der Waals surface area contributed by atoms with Crippen LogP contribution < -0.4 is 5.73 Å². The highest BCUT2D eigenvalue weighted by Crippen LogP contribution is 2.52. The van der Waals surface area contributed by atoms with E-state index in [2.05, 4.69) is 11.6 Å². The Morgan fingerprint density at radius 1 is 1.32 bits per heavy atom. The van der Waals surface area contributed by atoms with Crippen molar-refractivity contribution in [1.82, 2.24) is 9.55 Å². The number of imidazole rings is 1. The smallest absolute Gasteiger partial charge is 0.114 e. The number of nitrogens with zero attached hydrogens (tertiary/aromatic N) is 2. The largest absolute Gasteiger partial charge is 0.331 e. The maximum Gasteiger partial charge on any atom is 0.114 e. The van der Waals surface area contributed by atoms with Gasteiger partial charge in [0.2, 0.25) is 0 Å². The van der Waals surface area contributed by atoms with Crippen molar-refractivity contribution in [1.29, 1.82) is 0 Å². The summed E-state index contributed by atoms with van der Waals surface area (Å²) in [5, 5.41) is 0.763. The van der Waals surface area contributed by atoms with Crippen molar-refractivity contribution in [3.05, 3.63) is 29.0 Å². The van der Waals surface area contributed by atoms with Crippen LogP contribution in [0.4, 0.5) is 0 Å². The molecule has 2 aliphatic carbocycles. The Balaban J connectivity index is 1.85. The molecule has 2 saturated carbocycles. The quantitative estimate of drug-likeness (QED) is 0.869. The van der Waals surface area contributed by atoms with Crippen molar-refractivity contribution in [2.45, 2.75) is 31.2 Å². The molecule has 1 heterocycles. The molecule has 0 saturated heterocycles. The SMILES string of the molecule is Cn1c(C2C3CCC(C3)C2N)nc2ccc(Cl)cc21. The van der Waals surface area contributed by atoms with Crippen LogP contribution in [0.5, 0.6) is 0 Å². The fourth-order valence-electron chi connectivity index (χ4n) is 4.20. The minimum Gasteiger partial charge on any atom is -0.331 e. The Bertz CT molecular complexity index is 646. The van der Waals surface area contributed by atoms with Crippen LogP contribution in [0.3, 0.4) is 0 Å². The van der Waals surface area contributed by atoms with Crippen molar-refractivity contribution in [2.75, 3.05) is 0 Å². The Kier molecular flexibility index (Phi) is 2.45. The van der Waals surface area contributed by atoms with Gasteiger partial charge in [0.05, 0.1) is 11.0 Å². The number of hydrogen-bond acceptors (Lipinski definition) is 2. The monoisotopic (exact) mass is 275 g/mol. The number of fused-ring (bicyclic) bond motifs is 3. The summed E-state index contributed by atoms with van der Waals surface area (Å²) in [5.74, 6) is 3.01. The van der Waals surface area contributed by atoms with Crippen molar-refractivity contribution < 1.29 is 0 Å². The number of rotatable bonds is 1. The number of hydrogen-bond donors (Lipinski definition) is 1. The van der Waals surface area contributed by atoms with E-state index in [1.165, 1.54) is 19.3 Å². The second-order valence-electron chi connectivity index (χ2n) is 6.10. The molecule has 3 nitrogen and oxygen atoms in total. The highest BCUT2D eigenvalue weighted by Gasteiger charge is 2.48. The van der Waals surface area contributed by atoms with Crippen LogP contribution in [-0.2, 0) is 7.05 Å². The van der Waals surface area contributed by atoms with Crippen molar-refractivity contribution >= 4 is 22.6 Å². The Labute approximate surface area is 117 Å². The van der Waals surface area contributed by atoms with Crippen molar-refractivity contribution in [2.24, 2.45) is 24.6 Å². The van der Waals surface area contributed by atoms with Gasteiger partial charge in [-0.15, -0.1) is 0 Å². The lowest BCUT2D eigenvalue weighted by Gasteiger charge is -2.27. The minimum atomic E-state index is 0.282. The van der Waals surface area contributed by atoms with Crippen LogP contribution >= 0.6 is 11.6 Å². The second-order valence-corrected chi connectivity index (χ2v) is 6.53. The molecule has 4 atom stereocenters. The van der Waals surface area contributed by atoms with Gasteiger partial charge in [-0.3, -0.25) is 0 Å². The van der Waals surface area contributed by atoms with Gasteiger partial charge in [-0.25, -0.2) is 4.98 Å². The summed E-state index contributed by atoms with van der Waals surface area (Å²) in [5.41, 5.74) is 8.57. The van der Waals surface area contributed by atoms with E-state index in [9.17, 15) is 0 Å². The van der Waals surface area contributed by atoms with Gasteiger partial charge < -0.3 is 10.3 Å². The summed E-state index contributed by atoms with van der Waals surface area (Å²) in [4.78, 5) is 4.83. The lowest BCUT2D eigenvalue weighted by molar-refractivity contribution is 0.350. The molecule has 2 N–H and O–H groups in total. The lowest BCUT2D eigenvalue weighted by atomic mass is 9.84. The molecule has 2 aromatic rings. The first-order chi connectivity index (χ1) is 9.15. The molecule has 0 aliphatic heterocycles. The van der Waals surface area contributed by atoms with Crippen LogP contribution in [0.25, 0.3) is 11.0 Å². The van der Waals surface area contributed by atoms with Gasteiger partial charge in [-0.2, -0.15) is 0 Å². The number of aryl methyl sites for hydroxylation is 1. The van der Waals surface area contributed by atoms with Crippen LogP contribution in [0, 0.1) is 11.8 Å². The summed E-state index contributed by atoms with van der Waals surface area (Å²) < 4.78 is 2.19. The van der Waals surface area contributed by atoms with Crippen molar-refractivity contribution in [3.63, 3.8) is 0 Å². The molecular formula is C15H18ClN3. The van der Waals surface area contributed by atoms with E-state index in [4.69, 9.17) is 22.3 Å². The number of aromatic nitrogens is 2. The van der Waals surface area contributed by atoms with E-state index in [1.54, 1.807) is 0 Å². The first-order valence-electron chi connectivity index (χ1n) is 7.02. The molecule has 2 aliphatic rings. The third-order valence-corrected chi connectivity index (χ3v) is 5.39. The second kappa shape index (κ2) is 3.97. The molecule has 4 rings (SSSR count). The van der Waals surface area contributed by atoms with E-state index >= 15 is 0 Å². The average molecular weight is 276 g/mol. The zero-order chi connectivity index (χ0) is 13.1. The van der Waals surface area contributed by atoms with Gasteiger partial charge in [-0.1, -0.05) is 11.6 Å². The molecule has 2 fully saturated rings. The molecule has 100 valence electrons. The minimum absolute atomic E-state index is 0.282. The molecule has 1 aromatic heterocycles. The number of nitrogens with two attached hydrogens (primary N) is 1. The van der Waals surface area contributed by atoms with Gasteiger partial charge in [0.15, 0.2) is 0 Å². The van der Waals surface area contributed by atoms with Gasteiger partial charge in [0.1, 0.15) is 5.82 Å². The highest BCUT2D eigenvalue weighted by molar-refractivity contribution is 6.31. The maximum absolute atomic E-state index is 6.44. The van der Waals surface area contributed by atoms with E-state index in [0.717, 1.165) is 27.8 Å². The molecule has 1 aromatic carbocycles. The molecule has 2 bridgehead atoms. The van der Waals surface area contributed by atoms with Crippen LogP contribution in [-0.4, -0.2) is 15.6 Å². The number of halogens is 1. The molecule has 0 spiro atoms. The topological polar surface area (TPSA) is 43.8 Å². The Hall–Kier alpha value is -1.06. The van der Waals surface area contributed by atoms with Crippen LogP contribution in [0.1, 0.15) is 31.0 Å². The van der Waals surface area contributed by atoms with E-state index < -0.39 is 0 Å². The Morgan fingerprint density at radius 3 is 2.84 bits per heavy atom. The lowest BCUT2D eigenvalue weighted by Crippen LogP contribution is -2.35. The molecular weight excluding hydrogens is 258 g/mol. The fraction of sp³-hybridized carbons (Fsp3) is 0.533. The molecule has 19 heavy (non-hydrogen) atoms. The van der Waals surface area contributed by atoms with E-state index in [1.807, 2.05) is 18.2 Å². The maximum atomic E-state index is 6.44. The third-order valence-electron chi connectivity index (χ3n) is 5.16. The summed E-state index contributed by atoms with van der Waals surface area (Å²) in [6.45, 7) is 0. The van der Waals surface area contributed by atoms with Gasteiger partial charge in [0, 0.05) is 24.0 Å². The predicted molar refractivity (Wildman–Crippen MR) is 77.3 cm³/mol. The Morgan fingerprint density at radius 2 is 2.11 bits per heavy atom. The summed E-state index contributed by atoms with van der Waals surface area (Å²) >= 11 is 6.09. The van der Waals surface area contributed by atoms with E-state index in [0.29, 0.717) is 11.8 Å².